The summed E-state index contributed by atoms with van der Waals surface area (Å²) in [6.07, 6.45) is 0.669. The van der Waals surface area contributed by atoms with Crippen molar-refractivity contribution in [2.45, 2.75) is 32.2 Å². The highest BCUT2D eigenvalue weighted by atomic mass is 16.7. The molecule has 3 aromatic carbocycles. The Morgan fingerprint density at radius 1 is 0.973 bits per heavy atom. The summed E-state index contributed by atoms with van der Waals surface area (Å²) in [5, 5.41) is 3.06. The lowest BCUT2D eigenvalue weighted by molar-refractivity contribution is -0.119. The van der Waals surface area contributed by atoms with Crippen molar-refractivity contribution < 1.29 is 28.5 Å². The van der Waals surface area contributed by atoms with Gasteiger partial charge >= 0.3 is 0 Å². The minimum Gasteiger partial charge on any atom is -0.490 e. The molecule has 3 aromatic rings. The molecule has 3 aliphatic heterocycles. The molecule has 0 radical (unpaired) electrons. The predicted octanol–water partition coefficient (Wildman–Crippen LogP) is 4.69. The van der Waals surface area contributed by atoms with E-state index in [4.69, 9.17) is 18.9 Å². The monoisotopic (exact) mass is 500 g/mol. The second kappa shape index (κ2) is 9.35. The van der Waals surface area contributed by atoms with Crippen molar-refractivity contribution in [3.63, 3.8) is 0 Å². The maximum Gasteiger partial charge on any atom is 0.254 e. The van der Waals surface area contributed by atoms with Gasteiger partial charge in [0.2, 0.25) is 12.7 Å². The smallest absolute Gasteiger partial charge is 0.254 e. The summed E-state index contributed by atoms with van der Waals surface area (Å²) >= 11 is 0. The minimum atomic E-state index is -0.620. The third-order valence-corrected chi connectivity index (χ3v) is 7.11. The highest BCUT2D eigenvalue weighted by molar-refractivity contribution is 6.04. The van der Waals surface area contributed by atoms with Crippen LogP contribution in [0.2, 0.25) is 0 Å². The quantitative estimate of drug-likeness (QED) is 0.529. The molecule has 8 heteroatoms. The Morgan fingerprint density at radius 2 is 1.73 bits per heavy atom. The number of fused-ring (bicyclic) bond motifs is 5. The summed E-state index contributed by atoms with van der Waals surface area (Å²) in [6.45, 7) is 5.51. The van der Waals surface area contributed by atoms with E-state index in [1.54, 1.807) is 24.3 Å². The van der Waals surface area contributed by atoms with Crippen LogP contribution in [0, 0.1) is 0 Å². The molecule has 2 atom stereocenters. The number of benzene rings is 3. The lowest BCUT2D eigenvalue weighted by Crippen LogP contribution is -2.49. The van der Waals surface area contributed by atoms with E-state index in [0.29, 0.717) is 66.0 Å². The fourth-order valence-corrected chi connectivity index (χ4v) is 5.55. The molecule has 0 spiro atoms. The fraction of sp³-hybridized carbons (Fsp3) is 0.310. The molecule has 0 aromatic heterocycles. The molecular weight excluding hydrogens is 472 g/mol. The number of rotatable bonds is 6. The zero-order valence-corrected chi connectivity index (χ0v) is 20.8. The van der Waals surface area contributed by atoms with Gasteiger partial charge in [-0.15, -0.1) is 0 Å². The van der Waals surface area contributed by atoms with Gasteiger partial charge in [0, 0.05) is 23.9 Å². The van der Waals surface area contributed by atoms with Gasteiger partial charge in [-0.1, -0.05) is 18.2 Å². The van der Waals surface area contributed by atoms with E-state index >= 15 is 0 Å². The maximum atomic E-state index is 14.0. The van der Waals surface area contributed by atoms with E-state index in [0.717, 1.165) is 11.1 Å². The Labute approximate surface area is 215 Å². The topological polar surface area (TPSA) is 86.3 Å². The summed E-state index contributed by atoms with van der Waals surface area (Å²) in [5.74, 6) is 1.65. The van der Waals surface area contributed by atoms with E-state index in [1.807, 2.05) is 49.1 Å². The van der Waals surface area contributed by atoms with Gasteiger partial charge in [-0.05, 0) is 67.3 Å². The number of nitrogens with one attached hydrogen (secondary N) is 1. The maximum absolute atomic E-state index is 14.0. The van der Waals surface area contributed by atoms with Crippen molar-refractivity contribution in [1.82, 2.24) is 4.90 Å². The minimum absolute atomic E-state index is 0.0646. The van der Waals surface area contributed by atoms with Gasteiger partial charge in [0.15, 0.2) is 23.0 Å². The molecule has 0 aliphatic carbocycles. The number of anilines is 1. The summed E-state index contributed by atoms with van der Waals surface area (Å²) < 4.78 is 22.6. The number of amides is 2. The van der Waals surface area contributed by atoms with Crippen LogP contribution in [0.15, 0.2) is 54.6 Å². The van der Waals surface area contributed by atoms with Crippen molar-refractivity contribution in [2.75, 3.05) is 31.9 Å². The van der Waals surface area contributed by atoms with E-state index < -0.39 is 12.0 Å². The Morgan fingerprint density at radius 3 is 2.54 bits per heavy atom. The van der Waals surface area contributed by atoms with Crippen LogP contribution in [0.25, 0.3) is 0 Å². The molecule has 0 saturated carbocycles. The standard InChI is InChI=1S/C29H28N2O6/c1-3-34-23-13-17-11-12-31-27(21(17)15-25(23)35-4-2)26(19-7-5-6-8-20(19)29(31)33)28(32)30-18-9-10-22-24(14-18)37-16-36-22/h5-10,13-15,26-27H,3-4,11-12,16H2,1-2H3,(H,30,32)/t26-,27-/m1/s1. The molecule has 3 heterocycles. The van der Waals surface area contributed by atoms with Gasteiger partial charge < -0.3 is 29.2 Å². The van der Waals surface area contributed by atoms with Crippen LogP contribution in [0.4, 0.5) is 5.69 Å². The summed E-state index contributed by atoms with van der Waals surface area (Å²) in [4.78, 5) is 29.4. The third-order valence-electron chi connectivity index (χ3n) is 7.11. The molecule has 0 saturated heterocycles. The first kappa shape index (κ1) is 23.2. The molecule has 190 valence electrons. The molecule has 3 aliphatic rings. The first-order chi connectivity index (χ1) is 18.1. The van der Waals surface area contributed by atoms with Gasteiger partial charge in [-0.3, -0.25) is 9.59 Å². The normalized spacial score (nSPS) is 19.0. The largest absolute Gasteiger partial charge is 0.490 e. The van der Waals surface area contributed by atoms with Crippen LogP contribution in [-0.4, -0.2) is 43.3 Å². The van der Waals surface area contributed by atoms with Crippen LogP contribution < -0.4 is 24.3 Å². The van der Waals surface area contributed by atoms with Gasteiger partial charge in [-0.25, -0.2) is 0 Å². The van der Waals surface area contributed by atoms with E-state index in [9.17, 15) is 9.59 Å². The molecular formula is C29H28N2O6. The van der Waals surface area contributed by atoms with Crippen LogP contribution in [0.1, 0.15) is 52.9 Å². The van der Waals surface area contributed by atoms with Crippen molar-refractivity contribution in [3.8, 4) is 23.0 Å². The summed E-state index contributed by atoms with van der Waals surface area (Å²) in [7, 11) is 0. The third kappa shape index (κ3) is 3.93. The fourth-order valence-electron chi connectivity index (χ4n) is 5.55. The average Bonchev–Trinajstić information content (AvgIpc) is 3.37. The molecule has 0 unspecified atom stereocenters. The highest BCUT2D eigenvalue weighted by Gasteiger charge is 2.46. The molecule has 0 fully saturated rings. The predicted molar refractivity (Wildman–Crippen MR) is 137 cm³/mol. The van der Waals surface area contributed by atoms with Gasteiger partial charge in [-0.2, -0.15) is 0 Å². The van der Waals surface area contributed by atoms with Crippen molar-refractivity contribution in [3.05, 3.63) is 76.9 Å². The number of carbonyl (C=O) groups excluding carboxylic acids is 2. The van der Waals surface area contributed by atoms with Crippen LogP contribution >= 0.6 is 0 Å². The van der Waals surface area contributed by atoms with Crippen molar-refractivity contribution in [2.24, 2.45) is 0 Å². The van der Waals surface area contributed by atoms with Crippen LogP contribution in [0.5, 0.6) is 23.0 Å². The Bertz CT molecular complexity index is 1390. The number of carbonyl (C=O) groups is 2. The summed E-state index contributed by atoms with van der Waals surface area (Å²) in [5.41, 5.74) is 3.84. The Balaban J connectivity index is 1.45. The molecule has 0 bridgehead atoms. The van der Waals surface area contributed by atoms with Gasteiger partial charge in [0.1, 0.15) is 0 Å². The number of nitrogens with zero attached hydrogens (tertiary/aromatic N) is 1. The molecule has 37 heavy (non-hydrogen) atoms. The number of ether oxygens (including phenoxy) is 4. The first-order valence-electron chi connectivity index (χ1n) is 12.6. The molecule has 2 amide bonds. The molecule has 1 N–H and O–H groups in total. The Kier molecular flexibility index (Phi) is 5.87. The van der Waals surface area contributed by atoms with Crippen LogP contribution in [-0.2, 0) is 11.2 Å². The van der Waals surface area contributed by atoms with Gasteiger partial charge in [0.05, 0.1) is 25.2 Å². The van der Waals surface area contributed by atoms with Crippen molar-refractivity contribution >= 4 is 17.5 Å². The SMILES string of the molecule is CCOc1cc2c(cc1OCC)[C@@H]1[C@H](C(=O)Nc3ccc4c(c3)OCO4)c3ccccc3C(=O)N1CC2. The lowest BCUT2D eigenvalue weighted by atomic mass is 9.75. The average molecular weight is 501 g/mol. The molecule has 8 nitrogen and oxygen atoms in total. The first-order valence-corrected chi connectivity index (χ1v) is 12.6. The Hall–Kier alpha value is -4.20. The van der Waals surface area contributed by atoms with Gasteiger partial charge in [0.25, 0.3) is 5.91 Å². The van der Waals surface area contributed by atoms with Crippen molar-refractivity contribution in [1.29, 1.82) is 0 Å². The zero-order valence-electron chi connectivity index (χ0n) is 20.8. The van der Waals surface area contributed by atoms with E-state index in [1.165, 1.54) is 0 Å². The summed E-state index contributed by atoms with van der Waals surface area (Å²) in [6, 6.07) is 16.2. The highest BCUT2D eigenvalue weighted by Crippen LogP contribution is 2.49. The van der Waals surface area contributed by atoms with E-state index in [2.05, 4.69) is 5.32 Å². The lowest BCUT2D eigenvalue weighted by Gasteiger charge is -2.45. The second-order valence-electron chi connectivity index (χ2n) is 9.18. The number of hydrogen-bond acceptors (Lipinski definition) is 6. The van der Waals surface area contributed by atoms with Crippen LogP contribution in [0.3, 0.4) is 0 Å². The number of hydrogen-bond donors (Lipinski definition) is 1. The zero-order chi connectivity index (χ0) is 25.5. The second-order valence-corrected chi connectivity index (χ2v) is 9.18. The molecule has 6 rings (SSSR count). The van der Waals surface area contributed by atoms with E-state index in [-0.39, 0.29) is 18.6 Å².